The maximum Gasteiger partial charge on any atom is 0.243 e. The molecule has 1 aromatic rings. The molecule has 0 spiro atoms. The number of nitrogens with zero attached hydrogens (tertiary/aromatic N) is 2. The first-order chi connectivity index (χ1) is 9.04. The lowest BCUT2D eigenvalue weighted by atomic mass is 10.2. The van der Waals surface area contributed by atoms with Crippen molar-refractivity contribution in [3.05, 3.63) is 42.5 Å². The predicted molar refractivity (Wildman–Crippen MR) is 76.6 cm³/mol. The van der Waals surface area contributed by atoms with E-state index in [2.05, 4.69) is 11.5 Å². The monoisotopic (exact) mass is 280 g/mol. The van der Waals surface area contributed by atoms with Crippen LogP contribution in [0.25, 0.3) is 0 Å². The van der Waals surface area contributed by atoms with Gasteiger partial charge in [-0.2, -0.15) is 4.31 Å². The van der Waals surface area contributed by atoms with Gasteiger partial charge in [0.25, 0.3) is 0 Å². The van der Waals surface area contributed by atoms with E-state index < -0.39 is 10.0 Å². The minimum Gasteiger partial charge on any atom is -0.297 e. The van der Waals surface area contributed by atoms with Crippen molar-refractivity contribution in [3.63, 3.8) is 0 Å². The lowest BCUT2D eigenvalue weighted by Gasteiger charge is -2.33. The molecule has 1 fully saturated rings. The lowest BCUT2D eigenvalue weighted by Crippen LogP contribution is -2.48. The molecule has 1 aliphatic rings. The molecule has 0 aromatic heterocycles. The van der Waals surface area contributed by atoms with Crippen LogP contribution >= 0.6 is 0 Å². The molecular formula is C14H20N2O2S. The largest absolute Gasteiger partial charge is 0.297 e. The summed E-state index contributed by atoms with van der Waals surface area (Å²) in [5.41, 5.74) is 0.964. The quantitative estimate of drug-likeness (QED) is 0.785. The Balaban J connectivity index is 2.12. The van der Waals surface area contributed by atoms with Crippen molar-refractivity contribution in [3.8, 4) is 0 Å². The van der Waals surface area contributed by atoms with E-state index in [1.807, 2.05) is 19.1 Å². The van der Waals surface area contributed by atoms with Gasteiger partial charge in [0.15, 0.2) is 0 Å². The highest BCUT2D eigenvalue weighted by molar-refractivity contribution is 7.89. The standard InChI is InChI=1S/C14H20N2O2S/c1-3-7-15-8-10-16(11-9-15)19(17,18)14-6-4-5-13(2)12-14/h3-6,12H,1,7-11H2,2H3. The molecule has 1 heterocycles. The van der Waals surface area contributed by atoms with Gasteiger partial charge in [-0.05, 0) is 24.6 Å². The predicted octanol–water partition coefficient (Wildman–Crippen LogP) is 1.49. The van der Waals surface area contributed by atoms with Crippen molar-refractivity contribution in [1.29, 1.82) is 0 Å². The van der Waals surface area contributed by atoms with Gasteiger partial charge in [0, 0.05) is 32.7 Å². The summed E-state index contributed by atoms with van der Waals surface area (Å²) in [5, 5.41) is 0. The van der Waals surface area contributed by atoms with Gasteiger partial charge in [-0.25, -0.2) is 8.42 Å². The first kappa shape index (κ1) is 14.2. The van der Waals surface area contributed by atoms with Crippen LogP contribution in [-0.4, -0.2) is 50.3 Å². The van der Waals surface area contributed by atoms with Crippen LogP contribution in [0.5, 0.6) is 0 Å². The fourth-order valence-corrected chi connectivity index (χ4v) is 3.79. The van der Waals surface area contributed by atoms with Crippen molar-refractivity contribution in [2.45, 2.75) is 11.8 Å². The van der Waals surface area contributed by atoms with Gasteiger partial charge in [-0.3, -0.25) is 4.90 Å². The van der Waals surface area contributed by atoms with Crippen LogP contribution in [0.1, 0.15) is 5.56 Å². The molecule has 0 atom stereocenters. The molecule has 2 rings (SSSR count). The van der Waals surface area contributed by atoms with Crippen LogP contribution < -0.4 is 0 Å². The first-order valence-electron chi connectivity index (χ1n) is 6.44. The van der Waals surface area contributed by atoms with Crippen LogP contribution in [0.15, 0.2) is 41.8 Å². The Morgan fingerprint density at radius 1 is 1.26 bits per heavy atom. The van der Waals surface area contributed by atoms with Gasteiger partial charge >= 0.3 is 0 Å². The zero-order valence-electron chi connectivity index (χ0n) is 11.2. The Morgan fingerprint density at radius 2 is 1.95 bits per heavy atom. The zero-order chi connectivity index (χ0) is 13.9. The molecule has 0 radical (unpaired) electrons. The zero-order valence-corrected chi connectivity index (χ0v) is 12.1. The summed E-state index contributed by atoms with van der Waals surface area (Å²) < 4.78 is 26.6. The van der Waals surface area contributed by atoms with Gasteiger partial charge in [0.05, 0.1) is 4.90 Å². The second-order valence-corrected chi connectivity index (χ2v) is 6.75. The third-order valence-electron chi connectivity index (χ3n) is 3.35. The van der Waals surface area contributed by atoms with Gasteiger partial charge < -0.3 is 0 Å². The second-order valence-electron chi connectivity index (χ2n) is 4.81. The molecule has 0 aliphatic carbocycles. The number of sulfonamides is 1. The van der Waals surface area contributed by atoms with Crippen LogP contribution in [0.3, 0.4) is 0 Å². The molecule has 0 N–H and O–H groups in total. The molecule has 1 aromatic carbocycles. The summed E-state index contributed by atoms with van der Waals surface area (Å²) >= 11 is 0. The van der Waals surface area contributed by atoms with E-state index in [4.69, 9.17) is 0 Å². The van der Waals surface area contributed by atoms with Crippen LogP contribution in [-0.2, 0) is 10.0 Å². The molecule has 0 saturated carbocycles. The minimum atomic E-state index is -3.34. The summed E-state index contributed by atoms with van der Waals surface area (Å²) in [5.74, 6) is 0. The molecule has 1 saturated heterocycles. The fourth-order valence-electron chi connectivity index (χ4n) is 2.26. The highest BCUT2D eigenvalue weighted by Gasteiger charge is 2.27. The van der Waals surface area contributed by atoms with E-state index in [1.54, 1.807) is 22.5 Å². The second kappa shape index (κ2) is 5.86. The highest BCUT2D eigenvalue weighted by Crippen LogP contribution is 2.18. The maximum atomic E-state index is 12.5. The number of hydrogen-bond acceptors (Lipinski definition) is 3. The Labute approximate surface area is 115 Å². The number of rotatable bonds is 4. The third kappa shape index (κ3) is 3.23. The Bertz CT molecular complexity index is 546. The maximum absolute atomic E-state index is 12.5. The van der Waals surface area contributed by atoms with E-state index in [0.717, 1.165) is 25.2 Å². The number of hydrogen-bond donors (Lipinski definition) is 0. The summed E-state index contributed by atoms with van der Waals surface area (Å²) in [7, 11) is -3.34. The van der Waals surface area contributed by atoms with Crippen molar-refractivity contribution in [2.75, 3.05) is 32.7 Å². The Kier molecular flexibility index (Phi) is 4.39. The topological polar surface area (TPSA) is 40.6 Å². The molecule has 0 amide bonds. The molecule has 0 bridgehead atoms. The normalized spacial score (nSPS) is 18.4. The molecular weight excluding hydrogens is 260 g/mol. The Hall–Kier alpha value is -1.17. The van der Waals surface area contributed by atoms with Crippen LogP contribution in [0, 0.1) is 6.92 Å². The molecule has 4 nitrogen and oxygen atoms in total. The summed E-state index contributed by atoms with van der Waals surface area (Å²) in [6, 6.07) is 7.08. The number of piperazine rings is 1. The first-order valence-corrected chi connectivity index (χ1v) is 7.88. The van der Waals surface area contributed by atoms with Crippen molar-refractivity contribution in [2.24, 2.45) is 0 Å². The average Bonchev–Trinajstić information content (AvgIpc) is 2.40. The summed E-state index contributed by atoms with van der Waals surface area (Å²) in [6.07, 6.45) is 1.85. The fraction of sp³-hybridized carbons (Fsp3) is 0.429. The van der Waals surface area contributed by atoms with Gasteiger partial charge in [-0.15, -0.1) is 6.58 Å². The SMILES string of the molecule is C=CCN1CCN(S(=O)(=O)c2cccc(C)c2)CC1. The smallest absolute Gasteiger partial charge is 0.243 e. The van der Waals surface area contributed by atoms with Crippen molar-refractivity contribution >= 4 is 10.0 Å². The number of aryl methyl sites for hydroxylation is 1. The summed E-state index contributed by atoms with van der Waals surface area (Å²) in [4.78, 5) is 2.60. The molecule has 104 valence electrons. The van der Waals surface area contributed by atoms with Crippen molar-refractivity contribution < 1.29 is 8.42 Å². The number of benzene rings is 1. The molecule has 5 heteroatoms. The highest BCUT2D eigenvalue weighted by atomic mass is 32.2. The molecule has 19 heavy (non-hydrogen) atoms. The van der Waals surface area contributed by atoms with E-state index in [-0.39, 0.29) is 0 Å². The van der Waals surface area contributed by atoms with Gasteiger partial charge in [-0.1, -0.05) is 18.2 Å². The van der Waals surface area contributed by atoms with Crippen LogP contribution in [0.4, 0.5) is 0 Å². The Morgan fingerprint density at radius 3 is 2.53 bits per heavy atom. The molecule has 0 unspecified atom stereocenters. The van der Waals surface area contributed by atoms with Gasteiger partial charge in [0.1, 0.15) is 0 Å². The van der Waals surface area contributed by atoms with Crippen LogP contribution in [0.2, 0.25) is 0 Å². The van der Waals surface area contributed by atoms with E-state index in [0.29, 0.717) is 18.0 Å². The van der Waals surface area contributed by atoms with Crippen molar-refractivity contribution in [1.82, 2.24) is 9.21 Å². The van der Waals surface area contributed by atoms with E-state index >= 15 is 0 Å². The summed E-state index contributed by atoms with van der Waals surface area (Å²) in [6.45, 7) is 9.04. The average molecular weight is 280 g/mol. The van der Waals surface area contributed by atoms with Gasteiger partial charge in [0.2, 0.25) is 10.0 Å². The van der Waals surface area contributed by atoms with E-state index in [9.17, 15) is 8.42 Å². The van der Waals surface area contributed by atoms with E-state index in [1.165, 1.54) is 0 Å². The lowest BCUT2D eigenvalue weighted by molar-refractivity contribution is 0.204. The third-order valence-corrected chi connectivity index (χ3v) is 5.24. The minimum absolute atomic E-state index is 0.393. The molecule has 1 aliphatic heterocycles.